The molecule has 0 spiro atoms. The highest BCUT2D eigenvalue weighted by atomic mass is 32.1. The molecule has 1 unspecified atom stereocenters. The van der Waals surface area contributed by atoms with Crippen LogP contribution in [-0.4, -0.2) is 10.2 Å². The number of fused-ring (bicyclic) bond motifs is 3. The predicted octanol–water partition coefficient (Wildman–Crippen LogP) is 4.85. The van der Waals surface area contributed by atoms with Gasteiger partial charge in [-0.1, -0.05) is 42.5 Å². The molecular weight excluding hydrogens is 356 g/mol. The maximum Gasteiger partial charge on any atom is 0.171 e. The van der Waals surface area contributed by atoms with E-state index in [0.29, 0.717) is 5.11 Å². The van der Waals surface area contributed by atoms with Crippen molar-refractivity contribution in [2.24, 2.45) is 0 Å². The van der Waals surface area contributed by atoms with Crippen LogP contribution in [0.5, 0.6) is 5.75 Å². The van der Waals surface area contributed by atoms with Crippen LogP contribution in [0, 0.1) is 0 Å². The van der Waals surface area contributed by atoms with Gasteiger partial charge in [0.1, 0.15) is 11.3 Å². The van der Waals surface area contributed by atoms with E-state index in [4.69, 9.17) is 16.6 Å². The summed E-state index contributed by atoms with van der Waals surface area (Å²) >= 11 is 5.39. The highest BCUT2D eigenvalue weighted by molar-refractivity contribution is 7.80. The molecule has 0 saturated heterocycles. The average molecular weight is 372 g/mol. The van der Waals surface area contributed by atoms with Crippen molar-refractivity contribution in [3.05, 3.63) is 84.1 Å². The van der Waals surface area contributed by atoms with Crippen molar-refractivity contribution >= 4 is 44.8 Å². The highest BCUT2D eigenvalue weighted by Gasteiger charge is 2.21. The molecule has 3 aromatic carbocycles. The lowest BCUT2D eigenvalue weighted by molar-refractivity contribution is 0.475. The van der Waals surface area contributed by atoms with Crippen molar-refractivity contribution in [3.63, 3.8) is 0 Å². The van der Waals surface area contributed by atoms with Crippen LogP contribution in [0.15, 0.2) is 77.2 Å². The van der Waals surface area contributed by atoms with Gasteiger partial charge in [0.25, 0.3) is 0 Å². The first kappa shape index (κ1) is 15.9. The number of phenols is 1. The molecule has 2 heterocycles. The number of nitrogens with one attached hydrogen (secondary N) is 2. The molecule has 1 aliphatic heterocycles. The van der Waals surface area contributed by atoms with Gasteiger partial charge in [0.05, 0.1) is 11.7 Å². The zero-order valence-corrected chi connectivity index (χ0v) is 15.1. The first-order valence-corrected chi connectivity index (χ1v) is 9.08. The fraction of sp³-hybridized carbons (Fsp3) is 0.0455. The molecule has 4 nitrogen and oxygen atoms in total. The second-order valence-electron chi connectivity index (χ2n) is 6.56. The summed E-state index contributed by atoms with van der Waals surface area (Å²) in [7, 11) is 0. The summed E-state index contributed by atoms with van der Waals surface area (Å²) in [5.41, 5.74) is 2.69. The Balaban J connectivity index is 1.61. The van der Waals surface area contributed by atoms with E-state index in [0.717, 1.165) is 33.4 Å². The fourth-order valence-corrected chi connectivity index (χ4v) is 3.72. The van der Waals surface area contributed by atoms with Gasteiger partial charge >= 0.3 is 0 Å². The second kappa shape index (κ2) is 6.14. The number of hydrogen-bond acceptors (Lipinski definition) is 3. The number of hydrogen-bond donors (Lipinski definition) is 3. The molecule has 27 heavy (non-hydrogen) atoms. The van der Waals surface area contributed by atoms with Gasteiger partial charge in [0.15, 0.2) is 10.9 Å². The molecule has 5 rings (SSSR count). The monoisotopic (exact) mass is 372 g/mol. The van der Waals surface area contributed by atoms with Gasteiger partial charge in [-0.15, -0.1) is 0 Å². The molecule has 5 heteroatoms. The van der Waals surface area contributed by atoms with Crippen LogP contribution in [0.1, 0.15) is 17.4 Å². The number of furan rings is 1. The Morgan fingerprint density at radius 2 is 1.74 bits per heavy atom. The standard InChI is InChI=1S/C22H16N2O2S/c25-15-8-5-14(6-9-15)18-12-19(24-22(27)23-18)21-11-17-16-4-2-1-3-13(16)7-10-20(17)26-21/h1-12,18,25H,(H2,23,24,27). The molecule has 0 amide bonds. The third-order valence-electron chi connectivity index (χ3n) is 4.81. The molecule has 0 bridgehead atoms. The Kier molecular flexibility index (Phi) is 3.62. The van der Waals surface area contributed by atoms with E-state index >= 15 is 0 Å². The summed E-state index contributed by atoms with van der Waals surface area (Å²) in [5, 5.41) is 19.9. The summed E-state index contributed by atoms with van der Waals surface area (Å²) in [5.74, 6) is 0.984. The summed E-state index contributed by atoms with van der Waals surface area (Å²) < 4.78 is 6.11. The van der Waals surface area contributed by atoms with Gasteiger partial charge < -0.3 is 20.2 Å². The zero-order chi connectivity index (χ0) is 18.4. The number of rotatable bonds is 2. The quantitative estimate of drug-likeness (QED) is 0.439. The molecule has 1 aliphatic rings. The maximum absolute atomic E-state index is 9.52. The van der Waals surface area contributed by atoms with E-state index in [9.17, 15) is 5.11 Å². The van der Waals surface area contributed by atoms with Gasteiger partial charge in [0, 0.05) is 5.39 Å². The van der Waals surface area contributed by atoms with Crippen LogP contribution in [0.25, 0.3) is 27.4 Å². The average Bonchev–Trinajstić information content (AvgIpc) is 3.13. The van der Waals surface area contributed by atoms with Crippen molar-refractivity contribution in [3.8, 4) is 5.75 Å². The minimum atomic E-state index is -0.0979. The van der Waals surface area contributed by atoms with E-state index in [1.807, 2.05) is 36.4 Å². The van der Waals surface area contributed by atoms with Crippen molar-refractivity contribution < 1.29 is 9.52 Å². The lowest BCUT2D eigenvalue weighted by atomic mass is 10.0. The Labute approximate surface area is 161 Å². The van der Waals surface area contributed by atoms with Crippen molar-refractivity contribution in [2.45, 2.75) is 6.04 Å². The minimum Gasteiger partial charge on any atom is -0.508 e. The van der Waals surface area contributed by atoms with Crippen LogP contribution in [0.2, 0.25) is 0 Å². The largest absolute Gasteiger partial charge is 0.508 e. The molecule has 0 radical (unpaired) electrons. The van der Waals surface area contributed by atoms with E-state index in [-0.39, 0.29) is 11.8 Å². The van der Waals surface area contributed by atoms with Gasteiger partial charge in [-0.2, -0.15) is 0 Å². The predicted molar refractivity (Wildman–Crippen MR) is 111 cm³/mol. The molecule has 4 aromatic rings. The van der Waals surface area contributed by atoms with E-state index in [2.05, 4.69) is 34.9 Å². The molecule has 132 valence electrons. The fourth-order valence-electron chi connectivity index (χ4n) is 3.48. The minimum absolute atomic E-state index is 0.0979. The maximum atomic E-state index is 9.52. The molecule has 0 saturated carbocycles. The van der Waals surface area contributed by atoms with Crippen LogP contribution >= 0.6 is 12.2 Å². The molecule has 0 fully saturated rings. The number of thiocarbonyl (C=S) groups is 1. The first-order valence-electron chi connectivity index (χ1n) is 8.67. The molecule has 1 aromatic heterocycles. The Morgan fingerprint density at radius 1 is 0.926 bits per heavy atom. The van der Waals surface area contributed by atoms with Crippen LogP contribution in [0.4, 0.5) is 0 Å². The summed E-state index contributed by atoms with van der Waals surface area (Å²) in [6, 6.07) is 21.4. The van der Waals surface area contributed by atoms with Crippen molar-refractivity contribution in [2.75, 3.05) is 0 Å². The van der Waals surface area contributed by atoms with Gasteiger partial charge in [-0.25, -0.2) is 0 Å². The zero-order valence-electron chi connectivity index (χ0n) is 14.3. The molecule has 0 aliphatic carbocycles. The first-order chi connectivity index (χ1) is 13.2. The molecule has 1 atom stereocenters. The summed E-state index contributed by atoms with van der Waals surface area (Å²) in [6.07, 6.45) is 2.04. The topological polar surface area (TPSA) is 57.4 Å². The highest BCUT2D eigenvalue weighted by Crippen LogP contribution is 2.32. The SMILES string of the molecule is Oc1ccc(C2C=C(c3cc4c(ccc5ccccc54)o3)NC(=S)N2)cc1. The summed E-state index contributed by atoms with van der Waals surface area (Å²) in [6.45, 7) is 0. The van der Waals surface area contributed by atoms with Gasteiger partial charge in [-0.3, -0.25) is 0 Å². The van der Waals surface area contributed by atoms with Crippen LogP contribution in [-0.2, 0) is 0 Å². The summed E-state index contributed by atoms with van der Waals surface area (Å²) in [4.78, 5) is 0. The van der Waals surface area contributed by atoms with E-state index < -0.39 is 0 Å². The third-order valence-corrected chi connectivity index (χ3v) is 5.03. The van der Waals surface area contributed by atoms with Crippen LogP contribution < -0.4 is 10.6 Å². The lowest BCUT2D eigenvalue weighted by Gasteiger charge is -2.25. The van der Waals surface area contributed by atoms with E-state index in [1.165, 1.54) is 5.39 Å². The lowest BCUT2D eigenvalue weighted by Crippen LogP contribution is -2.40. The number of benzene rings is 3. The van der Waals surface area contributed by atoms with Crippen molar-refractivity contribution in [1.82, 2.24) is 10.6 Å². The Morgan fingerprint density at radius 3 is 2.59 bits per heavy atom. The smallest absolute Gasteiger partial charge is 0.171 e. The second-order valence-corrected chi connectivity index (χ2v) is 6.97. The number of phenolic OH excluding ortho intramolecular Hbond substituents is 1. The van der Waals surface area contributed by atoms with Gasteiger partial charge in [-0.05, 0) is 58.9 Å². The van der Waals surface area contributed by atoms with E-state index in [1.54, 1.807) is 12.1 Å². The number of aromatic hydroxyl groups is 1. The molecule has 3 N–H and O–H groups in total. The van der Waals surface area contributed by atoms with Gasteiger partial charge in [0.2, 0.25) is 0 Å². The van der Waals surface area contributed by atoms with Crippen molar-refractivity contribution in [1.29, 1.82) is 0 Å². The molecular formula is C22H16N2O2S. The Bertz CT molecular complexity index is 1210. The normalized spacial score (nSPS) is 16.8. The van der Waals surface area contributed by atoms with Crippen LogP contribution in [0.3, 0.4) is 0 Å². The third kappa shape index (κ3) is 2.82. The Hall–Kier alpha value is -3.31.